The van der Waals surface area contributed by atoms with Crippen LogP contribution in [0.25, 0.3) is 0 Å². The minimum absolute atomic E-state index is 0.155. The van der Waals surface area contributed by atoms with E-state index in [1.807, 2.05) is 75.3 Å². The van der Waals surface area contributed by atoms with Gasteiger partial charge < -0.3 is 24.9 Å². The Morgan fingerprint density at radius 3 is 2.64 bits per heavy atom. The van der Waals surface area contributed by atoms with Crippen LogP contribution in [-0.2, 0) is 0 Å². The Morgan fingerprint density at radius 2 is 1.97 bits per heavy atom. The van der Waals surface area contributed by atoms with E-state index in [1.165, 1.54) is 0 Å². The minimum Gasteiger partial charge on any atom is -0.428 e. The van der Waals surface area contributed by atoms with Gasteiger partial charge in [0.05, 0.1) is 6.20 Å². The Morgan fingerprint density at radius 1 is 1.24 bits per heavy atom. The van der Waals surface area contributed by atoms with Crippen LogP contribution in [0, 0.1) is 6.92 Å². The smallest absolute Gasteiger partial charge is 0.299 e. The first kappa shape index (κ1) is 25.4. The highest BCUT2D eigenvalue weighted by molar-refractivity contribution is 6.05. The lowest BCUT2D eigenvalue weighted by Crippen LogP contribution is -2.14. The maximum absolute atomic E-state index is 12.7. The van der Waals surface area contributed by atoms with Crippen LogP contribution in [-0.4, -0.2) is 38.8 Å². The maximum atomic E-state index is 12.7. The molecule has 3 rings (SSSR count). The number of nitrogens with one attached hydrogen (secondary N) is 2. The first-order valence-electron chi connectivity index (χ1n) is 10.7. The zero-order valence-electron chi connectivity index (χ0n) is 20.2. The number of hydrogen-bond donors (Lipinski definition) is 2. The molecule has 0 saturated heterocycles. The third-order valence-electron chi connectivity index (χ3n) is 4.82. The molecule has 0 aliphatic heterocycles. The number of aryl methyl sites for hydroxylation is 1. The lowest BCUT2D eigenvalue weighted by atomic mass is 10.1. The van der Waals surface area contributed by atoms with Crippen molar-refractivity contribution >= 4 is 35.7 Å². The van der Waals surface area contributed by atoms with Crippen LogP contribution < -0.4 is 15.5 Å². The zero-order chi connectivity index (χ0) is 24.4. The zero-order valence-corrected chi connectivity index (χ0v) is 20.2. The summed E-state index contributed by atoms with van der Waals surface area (Å²) in [6, 6.07) is 13.6. The summed E-state index contributed by atoms with van der Waals surface area (Å²) in [4.78, 5) is 22.2. The average molecular weight is 448 g/mol. The van der Waals surface area contributed by atoms with Crippen molar-refractivity contribution in [2.75, 3.05) is 36.7 Å². The largest absolute Gasteiger partial charge is 0.428 e. The second-order valence-corrected chi connectivity index (χ2v) is 7.75. The second-order valence-electron chi connectivity index (χ2n) is 7.75. The molecular formula is C26H33N5O2. The number of amides is 1. The quantitative estimate of drug-likeness (QED) is 0.341. The first-order chi connectivity index (χ1) is 15.8. The van der Waals surface area contributed by atoms with Gasteiger partial charge in [-0.1, -0.05) is 31.2 Å². The number of carbonyl (C=O) groups is 1. The van der Waals surface area contributed by atoms with Crippen LogP contribution in [0.15, 0.2) is 70.2 Å². The predicted octanol–water partition coefficient (Wildman–Crippen LogP) is 6.04. The summed E-state index contributed by atoms with van der Waals surface area (Å²) in [7, 11) is 5.53. The summed E-state index contributed by atoms with van der Waals surface area (Å²) in [5, 5.41) is 6.17. The molecule has 0 aliphatic carbocycles. The van der Waals surface area contributed by atoms with Crippen LogP contribution in [0.2, 0.25) is 0 Å². The lowest BCUT2D eigenvalue weighted by molar-refractivity contribution is 0.102. The monoisotopic (exact) mass is 447 g/mol. The lowest BCUT2D eigenvalue weighted by Gasteiger charge is -2.14. The molecule has 1 unspecified atom stereocenters. The number of anilines is 4. The van der Waals surface area contributed by atoms with E-state index >= 15 is 0 Å². The molecule has 0 bridgehead atoms. The summed E-state index contributed by atoms with van der Waals surface area (Å²) in [6.07, 6.45) is 5.77. The molecular weight excluding hydrogens is 414 g/mol. The molecule has 1 aromatic heterocycles. The molecule has 1 heterocycles. The fourth-order valence-corrected chi connectivity index (χ4v) is 3.02. The number of hydrogen-bond acceptors (Lipinski definition) is 6. The first-order valence-corrected chi connectivity index (χ1v) is 10.7. The van der Waals surface area contributed by atoms with Crippen molar-refractivity contribution in [2.24, 2.45) is 4.99 Å². The van der Waals surface area contributed by atoms with Gasteiger partial charge in [-0.15, -0.1) is 0 Å². The molecule has 7 nitrogen and oxygen atoms in total. The normalized spacial score (nSPS) is 11.3. The summed E-state index contributed by atoms with van der Waals surface area (Å²) in [5.41, 5.74) is 4.11. The molecule has 1 amide bonds. The minimum atomic E-state index is -0.160. The molecule has 33 heavy (non-hydrogen) atoms. The summed E-state index contributed by atoms with van der Waals surface area (Å²) in [5.74, 6) is 0.785. The molecule has 7 heteroatoms. The van der Waals surface area contributed by atoms with Crippen molar-refractivity contribution in [1.82, 2.24) is 4.98 Å². The highest BCUT2D eigenvalue weighted by Crippen LogP contribution is 2.27. The Kier molecular flexibility index (Phi) is 9.42. The molecule has 174 valence electrons. The number of aliphatic imine (C=N–C) groups is 1. The van der Waals surface area contributed by atoms with Crippen molar-refractivity contribution < 1.29 is 9.21 Å². The third-order valence-corrected chi connectivity index (χ3v) is 4.82. The van der Waals surface area contributed by atoms with E-state index < -0.39 is 0 Å². The van der Waals surface area contributed by atoms with E-state index in [1.54, 1.807) is 19.3 Å². The number of benzene rings is 2. The van der Waals surface area contributed by atoms with Gasteiger partial charge in [-0.3, -0.25) is 4.79 Å². The van der Waals surface area contributed by atoms with E-state index in [-0.39, 0.29) is 11.8 Å². The number of allylic oxidation sites excluding steroid dienone is 2. The van der Waals surface area contributed by atoms with Gasteiger partial charge in [0, 0.05) is 49.7 Å². The topological polar surface area (TPSA) is 82.8 Å². The van der Waals surface area contributed by atoms with Crippen LogP contribution >= 0.6 is 0 Å². The number of rotatable bonds is 7. The molecule has 1 atom stereocenters. The molecule has 0 spiro atoms. The van der Waals surface area contributed by atoms with Gasteiger partial charge >= 0.3 is 0 Å². The van der Waals surface area contributed by atoms with Crippen molar-refractivity contribution in [3.8, 4) is 0 Å². The third kappa shape index (κ3) is 7.35. The van der Waals surface area contributed by atoms with Crippen molar-refractivity contribution in [3.63, 3.8) is 0 Å². The van der Waals surface area contributed by atoms with E-state index in [0.29, 0.717) is 17.3 Å². The predicted molar refractivity (Wildman–Crippen MR) is 138 cm³/mol. The number of aromatic nitrogens is 1. The van der Waals surface area contributed by atoms with E-state index in [2.05, 4.69) is 40.3 Å². The molecule has 3 aromatic rings. The molecule has 2 N–H and O–H groups in total. The van der Waals surface area contributed by atoms with Gasteiger partial charge in [0.15, 0.2) is 0 Å². The van der Waals surface area contributed by atoms with Crippen LogP contribution in [0.5, 0.6) is 0 Å². The van der Waals surface area contributed by atoms with Crippen molar-refractivity contribution in [3.05, 3.63) is 77.7 Å². The summed E-state index contributed by atoms with van der Waals surface area (Å²) < 4.78 is 5.82. The molecule has 0 aliphatic rings. The summed E-state index contributed by atoms with van der Waals surface area (Å²) in [6.45, 7) is 9.13. The number of carbonyl (C=O) groups excluding carboxylic acids is 1. The number of nitrogens with zero attached hydrogens (tertiary/aromatic N) is 3. The van der Waals surface area contributed by atoms with Crippen molar-refractivity contribution in [1.29, 1.82) is 0 Å². The fraction of sp³-hybridized carbons (Fsp3) is 0.269. The van der Waals surface area contributed by atoms with E-state index in [0.717, 1.165) is 22.7 Å². The standard InChI is InChI=1S/C24H28N4O2.C2H5N/c1-6-8-17(3)22-15-25-24(30-22)27-21-14-19(12-11-16(21)2)26-23(29)18-9-7-10-20(13-18)28(4)5;1-3-2/h6-15,17H,1-5H3,(H,25,27)(H,26,29);1H2,2H3/b8-6-;. The average Bonchev–Trinajstić information content (AvgIpc) is 3.25. The van der Waals surface area contributed by atoms with Gasteiger partial charge in [-0.2, -0.15) is 0 Å². The van der Waals surface area contributed by atoms with E-state index in [4.69, 9.17) is 4.42 Å². The maximum Gasteiger partial charge on any atom is 0.299 e. The van der Waals surface area contributed by atoms with Crippen LogP contribution in [0.1, 0.15) is 41.4 Å². The van der Waals surface area contributed by atoms with Gasteiger partial charge in [-0.25, -0.2) is 4.98 Å². The van der Waals surface area contributed by atoms with Gasteiger partial charge in [-0.05, 0) is 56.5 Å². The van der Waals surface area contributed by atoms with Crippen molar-refractivity contribution in [2.45, 2.75) is 26.7 Å². The van der Waals surface area contributed by atoms with Crippen LogP contribution in [0.3, 0.4) is 0 Å². The number of oxazole rings is 1. The van der Waals surface area contributed by atoms with Gasteiger partial charge in [0.1, 0.15) is 5.76 Å². The van der Waals surface area contributed by atoms with Gasteiger partial charge in [0.2, 0.25) is 0 Å². The molecule has 0 fully saturated rings. The Bertz CT molecular complexity index is 1100. The van der Waals surface area contributed by atoms with Crippen LogP contribution in [0.4, 0.5) is 23.1 Å². The molecule has 2 aromatic carbocycles. The van der Waals surface area contributed by atoms with Gasteiger partial charge in [0.25, 0.3) is 11.9 Å². The highest BCUT2D eigenvalue weighted by Gasteiger charge is 2.12. The Hall–Kier alpha value is -3.87. The Labute approximate surface area is 196 Å². The SMILES string of the molecule is C/C=C\C(C)c1cnc(Nc2cc(NC(=O)c3cccc(N(C)C)c3)ccc2C)o1.C=NC. The summed E-state index contributed by atoms with van der Waals surface area (Å²) >= 11 is 0. The molecule has 0 radical (unpaired) electrons. The fourth-order valence-electron chi connectivity index (χ4n) is 3.02. The molecule has 0 saturated carbocycles. The second kappa shape index (κ2) is 12.2. The Balaban J connectivity index is 0.00000122. The van der Waals surface area contributed by atoms with E-state index in [9.17, 15) is 4.79 Å². The highest BCUT2D eigenvalue weighted by atomic mass is 16.4.